The summed E-state index contributed by atoms with van der Waals surface area (Å²) in [7, 11) is 0. The molecule has 0 bridgehead atoms. The summed E-state index contributed by atoms with van der Waals surface area (Å²) in [5, 5.41) is 21.4. The molecule has 0 amide bonds. The van der Waals surface area contributed by atoms with Gasteiger partial charge in [-0.1, -0.05) is 4.68 Å². The maximum atomic E-state index is 10.5. The molecule has 2 rings (SSSR count). The number of hydrogen-bond acceptors (Lipinski definition) is 6. The van der Waals surface area contributed by atoms with Crippen molar-refractivity contribution in [3.05, 3.63) is 30.4 Å². The molecule has 11 heteroatoms. The molecule has 0 aliphatic heterocycles. The maximum Gasteiger partial charge on any atom is 0.430 e. The lowest BCUT2D eigenvalue weighted by Crippen LogP contribution is -2.38. The lowest BCUT2D eigenvalue weighted by molar-refractivity contribution is -0.752. The van der Waals surface area contributed by atoms with Gasteiger partial charge in [0, 0.05) is 6.07 Å². The maximum absolute atomic E-state index is 10.5. The molecule has 24 heavy (non-hydrogen) atoms. The van der Waals surface area contributed by atoms with Crippen molar-refractivity contribution in [1.82, 2.24) is 10.1 Å². The van der Waals surface area contributed by atoms with Crippen molar-refractivity contribution < 1.29 is 42.1 Å². The van der Waals surface area contributed by atoms with E-state index in [9.17, 15) is 18.0 Å². The predicted octanol–water partition coefficient (Wildman–Crippen LogP) is 0.106. The Kier molecular flexibility index (Phi) is 6.38. The molecule has 130 valence electrons. The Labute approximate surface area is 133 Å². The molecule has 0 aliphatic carbocycles. The molecule has 0 saturated heterocycles. The summed E-state index contributed by atoms with van der Waals surface area (Å²) in [6.07, 6.45) is -0.263. The molecule has 0 aromatic carbocycles. The van der Waals surface area contributed by atoms with Crippen molar-refractivity contribution in [2.75, 3.05) is 0 Å². The van der Waals surface area contributed by atoms with E-state index in [1.165, 1.54) is 0 Å². The van der Waals surface area contributed by atoms with Crippen molar-refractivity contribution in [3.63, 3.8) is 0 Å². The molecule has 0 aliphatic rings. The fraction of sp³-hybridized carbons (Fsp3) is 0.308. The summed E-state index contributed by atoms with van der Waals surface area (Å²) in [5.74, 6) is -3.33. The summed E-state index contributed by atoms with van der Waals surface area (Å²) in [4.78, 5) is 23.4. The largest absolute Gasteiger partial charge is 0.542 e. The second-order valence-corrected chi connectivity index (χ2v) is 4.40. The highest BCUT2D eigenvalue weighted by Crippen LogP contribution is 2.15. The van der Waals surface area contributed by atoms with E-state index in [2.05, 4.69) is 10.1 Å². The first kappa shape index (κ1) is 19.1. The van der Waals surface area contributed by atoms with Crippen molar-refractivity contribution in [2.24, 2.45) is 0 Å². The van der Waals surface area contributed by atoms with Crippen molar-refractivity contribution in [3.8, 4) is 11.5 Å². The molecule has 2 aromatic rings. The lowest BCUT2D eigenvalue weighted by atomic mass is 10.3. The number of carbonyl (C=O) groups excluding carboxylic acids is 1. The van der Waals surface area contributed by atoms with Crippen LogP contribution in [0, 0.1) is 6.92 Å². The Bertz CT molecular complexity index is 698. The van der Waals surface area contributed by atoms with Gasteiger partial charge < -0.3 is 19.4 Å². The SMILES string of the molecule is Cc1coc(-c2cc[n+](CCC(=O)O)nc2)n1.O=C([O-])C(F)(F)F. The van der Waals surface area contributed by atoms with Gasteiger partial charge in [0.15, 0.2) is 12.7 Å². The third-order valence-electron chi connectivity index (χ3n) is 2.42. The Hall–Kier alpha value is -2.98. The molecule has 1 N–H and O–H groups in total. The van der Waals surface area contributed by atoms with Crippen LogP contribution in [0.2, 0.25) is 0 Å². The Morgan fingerprint density at radius 1 is 1.42 bits per heavy atom. The summed E-state index contributed by atoms with van der Waals surface area (Å²) >= 11 is 0. The third-order valence-corrected chi connectivity index (χ3v) is 2.42. The Balaban J connectivity index is 0.000000351. The molecule has 2 aromatic heterocycles. The second kappa shape index (κ2) is 8.04. The van der Waals surface area contributed by atoms with Crippen LogP contribution in [0.1, 0.15) is 12.1 Å². The standard InChI is InChI=1S/C11H11N3O3.C2HF3O2/c1-8-7-17-11(13-8)9-2-4-14(12-6-9)5-3-10(15)16;3-2(4,5)1(6)7/h2,4,6-7H,3,5H2,1H3;(H,6,7). The topological polar surface area (TPSA) is 120 Å². The van der Waals surface area contributed by atoms with Gasteiger partial charge in [-0.3, -0.25) is 4.79 Å². The molecule has 0 unspecified atom stereocenters. The predicted molar refractivity (Wildman–Crippen MR) is 68.0 cm³/mol. The number of aryl methyl sites for hydroxylation is 2. The number of aliphatic carboxylic acids is 2. The van der Waals surface area contributed by atoms with Gasteiger partial charge in [0.2, 0.25) is 5.89 Å². The second-order valence-electron chi connectivity index (χ2n) is 4.40. The van der Waals surface area contributed by atoms with Gasteiger partial charge in [-0.25, -0.2) is 4.98 Å². The summed E-state index contributed by atoms with van der Waals surface area (Å²) in [6, 6.07) is 1.79. The highest BCUT2D eigenvalue weighted by molar-refractivity contribution is 5.70. The number of nitrogens with zero attached hydrogens (tertiary/aromatic N) is 3. The molecule has 0 fully saturated rings. The normalized spacial score (nSPS) is 10.7. The van der Waals surface area contributed by atoms with Gasteiger partial charge in [0.1, 0.15) is 24.9 Å². The van der Waals surface area contributed by atoms with Crippen LogP contribution < -0.4 is 9.79 Å². The first-order valence-corrected chi connectivity index (χ1v) is 6.38. The zero-order chi connectivity index (χ0) is 18.3. The minimum Gasteiger partial charge on any atom is -0.542 e. The highest BCUT2D eigenvalue weighted by atomic mass is 19.4. The quantitative estimate of drug-likeness (QED) is 0.779. The number of rotatable bonds is 4. The van der Waals surface area contributed by atoms with Crippen LogP contribution in [0.4, 0.5) is 13.2 Å². The molecule has 0 radical (unpaired) electrons. The monoisotopic (exact) mass is 347 g/mol. The number of hydrogen-bond donors (Lipinski definition) is 1. The summed E-state index contributed by atoms with van der Waals surface area (Å²) in [5.41, 5.74) is 1.58. The third kappa shape index (κ3) is 6.42. The van der Waals surface area contributed by atoms with Gasteiger partial charge >= 0.3 is 12.1 Å². The molecule has 0 saturated carbocycles. The van der Waals surface area contributed by atoms with Crippen molar-refractivity contribution in [1.29, 1.82) is 0 Å². The van der Waals surface area contributed by atoms with E-state index in [0.717, 1.165) is 11.3 Å². The van der Waals surface area contributed by atoms with E-state index in [-0.39, 0.29) is 6.42 Å². The number of halogens is 3. The zero-order valence-electron chi connectivity index (χ0n) is 12.3. The van der Waals surface area contributed by atoms with Gasteiger partial charge in [0.25, 0.3) is 0 Å². The average molecular weight is 347 g/mol. The van der Waals surface area contributed by atoms with E-state index in [4.69, 9.17) is 19.4 Å². The van der Waals surface area contributed by atoms with Crippen LogP contribution in [0.3, 0.4) is 0 Å². The first-order valence-electron chi connectivity index (χ1n) is 6.38. The zero-order valence-corrected chi connectivity index (χ0v) is 12.3. The van der Waals surface area contributed by atoms with Gasteiger partial charge in [-0.2, -0.15) is 13.2 Å². The number of alkyl halides is 3. The van der Waals surface area contributed by atoms with E-state index in [0.29, 0.717) is 12.4 Å². The van der Waals surface area contributed by atoms with E-state index in [1.54, 1.807) is 29.4 Å². The van der Waals surface area contributed by atoms with Gasteiger partial charge in [-0.05, 0) is 12.0 Å². The number of aromatic nitrogens is 3. The highest BCUT2D eigenvalue weighted by Gasteiger charge is 2.28. The Morgan fingerprint density at radius 2 is 2.04 bits per heavy atom. The number of carbonyl (C=O) groups is 2. The van der Waals surface area contributed by atoms with E-state index in [1.807, 2.05) is 6.92 Å². The lowest BCUT2D eigenvalue weighted by Gasteiger charge is -2.03. The Morgan fingerprint density at radius 3 is 2.42 bits per heavy atom. The minimum absolute atomic E-state index is 0.0507. The van der Waals surface area contributed by atoms with Crippen LogP contribution in [-0.2, 0) is 16.1 Å². The van der Waals surface area contributed by atoms with Crippen molar-refractivity contribution >= 4 is 11.9 Å². The molecule has 2 heterocycles. The van der Waals surface area contributed by atoms with Crippen LogP contribution in [0.15, 0.2) is 29.1 Å². The van der Waals surface area contributed by atoms with Crippen molar-refractivity contribution in [2.45, 2.75) is 26.1 Å². The number of oxazole rings is 1. The van der Waals surface area contributed by atoms with Gasteiger partial charge in [-0.15, -0.1) is 0 Å². The summed E-state index contributed by atoms with van der Waals surface area (Å²) in [6.45, 7) is 2.19. The van der Waals surface area contributed by atoms with Crippen LogP contribution in [0.25, 0.3) is 11.5 Å². The fourth-order valence-electron chi connectivity index (χ4n) is 1.34. The summed E-state index contributed by atoms with van der Waals surface area (Å²) < 4.78 is 38.3. The average Bonchev–Trinajstić information content (AvgIpc) is 2.92. The first-order chi connectivity index (χ1) is 11.1. The smallest absolute Gasteiger partial charge is 0.430 e. The fourth-order valence-corrected chi connectivity index (χ4v) is 1.34. The van der Waals surface area contributed by atoms with Crippen LogP contribution in [-0.4, -0.2) is 33.3 Å². The molecular weight excluding hydrogens is 335 g/mol. The number of carboxylic acid groups (broad SMARTS) is 2. The minimum atomic E-state index is -5.19. The van der Waals surface area contributed by atoms with Crippen LogP contribution >= 0.6 is 0 Å². The van der Waals surface area contributed by atoms with Crippen LogP contribution in [0.5, 0.6) is 0 Å². The molecule has 0 spiro atoms. The van der Waals surface area contributed by atoms with E-state index < -0.39 is 18.1 Å². The number of carboxylic acids is 2. The molecule has 8 nitrogen and oxygen atoms in total. The molecular formula is C13H12F3N3O5. The van der Waals surface area contributed by atoms with Gasteiger partial charge in [0.05, 0.1) is 11.3 Å². The van der Waals surface area contributed by atoms with E-state index >= 15 is 0 Å². The molecule has 0 atom stereocenters.